The molecule has 0 aliphatic heterocycles. The summed E-state index contributed by atoms with van der Waals surface area (Å²) in [6, 6.07) is 5.19. The predicted molar refractivity (Wildman–Crippen MR) is 101 cm³/mol. The molecule has 6 nitrogen and oxygen atoms in total. The molecule has 0 spiro atoms. The van der Waals surface area contributed by atoms with Gasteiger partial charge in [-0.1, -0.05) is 15.9 Å². The lowest BCUT2D eigenvalue weighted by atomic mass is 10.2. The van der Waals surface area contributed by atoms with E-state index in [1.807, 2.05) is 6.92 Å². The molecule has 136 valence electrons. The quantitative estimate of drug-likeness (QED) is 0.736. The van der Waals surface area contributed by atoms with Crippen LogP contribution in [0, 0.1) is 20.8 Å². The van der Waals surface area contributed by atoms with Crippen LogP contribution in [0.1, 0.15) is 34.2 Å². The van der Waals surface area contributed by atoms with Crippen molar-refractivity contribution in [1.29, 1.82) is 0 Å². The Kier molecular flexibility index (Phi) is 5.63. The lowest BCUT2D eigenvalue weighted by Gasteiger charge is -2.10. The van der Waals surface area contributed by atoms with E-state index < -0.39 is 16.0 Å². The number of nitrogens with one attached hydrogen (secondary N) is 1. The first kappa shape index (κ1) is 19.5. The highest BCUT2D eigenvalue weighted by atomic mass is 79.9. The smallest absolute Gasteiger partial charge is 0.355 e. The summed E-state index contributed by atoms with van der Waals surface area (Å²) in [5, 5.41) is 0. The third-order valence-electron chi connectivity index (χ3n) is 4.01. The van der Waals surface area contributed by atoms with Gasteiger partial charge in [-0.3, -0.25) is 4.72 Å². The van der Waals surface area contributed by atoms with Crippen LogP contribution in [0.4, 0.5) is 5.69 Å². The van der Waals surface area contributed by atoms with E-state index in [0.29, 0.717) is 16.9 Å². The van der Waals surface area contributed by atoms with E-state index in [-0.39, 0.29) is 17.2 Å². The van der Waals surface area contributed by atoms with Crippen LogP contribution in [0.25, 0.3) is 0 Å². The SMILES string of the molecule is CCOC(=O)c1c(C)c(S(=O)(=O)Nc2ccc(Br)c(C)c2)c(C)n1C. The average Bonchev–Trinajstić information content (AvgIpc) is 2.73. The molecule has 1 aromatic heterocycles. The maximum absolute atomic E-state index is 12.9. The lowest BCUT2D eigenvalue weighted by Crippen LogP contribution is -2.15. The molecule has 0 aliphatic carbocycles. The van der Waals surface area contributed by atoms with Gasteiger partial charge < -0.3 is 9.30 Å². The summed E-state index contributed by atoms with van der Waals surface area (Å²) in [5.41, 5.74) is 2.46. The van der Waals surface area contributed by atoms with Gasteiger partial charge in [-0.15, -0.1) is 0 Å². The number of nitrogens with zero attached hydrogens (tertiary/aromatic N) is 1. The van der Waals surface area contributed by atoms with E-state index in [2.05, 4.69) is 20.7 Å². The van der Waals surface area contributed by atoms with Crippen LogP contribution in [-0.2, 0) is 21.8 Å². The highest BCUT2D eigenvalue weighted by Crippen LogP contribution is 2.29. The van der Waals surface area contributed by atoms with E-state index in [4.69, 9.17) is 4.74 Å². The molecule has 1 N–H and O–H groups in total. The first-order valence-electron chi connectivity index (χ1n) is 7.72. The highest BCUT2D eigenvalue weighted by Gasteiger charge is 2.29. The van der Waals surface area contributed by atoms with Gasteiger partial charge in [0.05, 0.1) is 6.61 Å². The minimum absolute atomic E-state index is 0.0959. The van der Waals surface area contributed by atoms with E-state index in [9.17, 15) is 13.2 Å². The molecule has 0 bridgehead atoms. The number of aryl methyl sites for hydroxylation is 1. The molecule has 2 rings (SSSR count). The van der Waals surface area contributed by atoms with E-state index in [0.717, 1.165) is 10.0 Å². The molecule has 0 saturated carbocycles. The molecular formula is C17H21BrN2O4S. The number of halogens is 1. The van der Waals surface area contributed by atoms with Gasteiger partial charge in [0.25, 0.3) is 10.0 Å². The molecule has 1 aromatic carbocycles. The van der Waals surface area contributed by atoms with Crippen LogP contribution in [0.15, 0.2) is 27.6 Å². The maximum atomic E-state index is 12.9. The lowest BCUT2D eigenvalue weighted by molar-refractivity contribution is 0.0514. The van der Waals surface area contributed by atoms with Crippen LogP contribution < -0.4 is 4.72 Å². The van der Waals surface area contributed by atoms with Crippen molar-refractivity contribution in [3.05, 3.63) is 45.2 Å². The molecule has 0 radical (unpaired) electrons. The fourth-order valence-corrected chi connectivity index (χ4v) is 4.56. The zero-order valence-electron chi connectivity index (χ0n) is 14.8. The van der Waals surface area contributed by atoms with Crippen molar-refractivity contribution in [3.8, 4) is 0 Å². The Labute approximate surface area is 156 Å². The second-order valence-corrected chi connectivity index (χ2v) is 8.21. The first-order chi connectivity index (χ1) is 11.6. The van der Waals surface area contributed by atoms with Gasteiger partial charge in [0.15, 0.2) is 0 Å². The van der Waals surface area contributed by atoms with E-state index >= 15 is 0 Å². The summed E-state index contributed by atoms with van der Waals surface area (Å²) in [5.74, 6) is -0.536. The zero-order valence-corrected chi connectivity index (χ0v) is 17.2. The number of hydrogen-bond acceptors (Lipinski definition) is 4. The number of sulfonamides is 1. The monoisotopic (exact) mass is 428 g/mol. The maximum Gasteiger partial charge on any atom is 0.355 e. The number of carbonyl (C=O) groups is 1. The van der Waals surface area contributed by atoms with Crippen molar-refractivity contribution in [3.63, 3.8) is 0 Å². The third kappa shape index (κ3) is 3.74. The summed E-state index contributed by atoms with van der Waals surface area (Å²) in [7, 11) is -2.20. The Bertz CT molecular complexity index is 933. The second-order valence-electron chi connectivity index (χ2n) is 5.74. The van der Waals surface area contributed by atoms with Crippen LogP contribution in [0.2, 0.25) is 0 Å². The van der Waals surface area contributed by atoms with Gasteiger partial charge >= 0.3 is 5.97 Å². The minimum Gasteiger partial charge on any atom is -0.461 e. The minimum atomic E-state index is -3.85. The van der Waals surface area contributed by atoms with Crippen molar-refractivity contribution in [1.82, 2.24) is 4.57 Å². The van der Waals surface area contributed by atoms with Gasteiger partial charge in [0.2, 0.25) is 0 Å². The predicted octanol–water partition coefficient (Wildman–Crippen LogP) is 3.69. The van der Waals surface area contributed by atoms with Crippen LogP contribution in [0.5, 0.6) is 0 Å². The van der Waals surface area contributed by atoms with Crippen molar-refractivity contribution in [2.45, 2.75) is 32.6 Å². The van der Waals surface area contributed by atoms with Crippen LogP contribution in [-0.4, -0.2) is 25.6 Å². The number of carbonyl (C=O) groups excluding carboxylic acids is 1. The molecule has 0 fully saturated rings. The normalized spacial score (nSPS) is 11.4. The fourth-order valence-electron chi connectivity index (χ4n) is 2.75. The number of ether oxygens (including phenoxy) is 1. The Hall–Kier alpha value is -1.80. The summed E-state index contributed by atoms with van der Waals surface area (Å²) in [6.07, 6.45) is 0. The van der Waals surface area contributed by atoms with Crippen LogP contribution >= 0.6 is 15.9 Å². The highest BCUT2D eigenvalue weighted by molar-refractivity contribution is 9.10. The number of benzene rings is 1. The van der Waals surface area contributed by atoms with Gasteiger partial charge in [0.1, 0.15) is 10.6 Å². The fraction of sp³-hybridized carbons (Fsp3) is 0.353. The molecule has 0 saturated heterocycles. The van der Waals surface area contributed by atoms with Crippen molar-refractivity contribution in [2.24, 2.45) is 7.05 Å². The number of esters is 1. The summed E-state index contributed by atoms with van der Waals surface area (Å²) in [6.45, 7) is 7.08. The number of anilines is 1. The van der Waals surface area contributed by atoms with Gasteiger partial charge in [-0.2, -0.15) is 0 Å². The molecule has 0 aliphatic rings. The Morgan fingerprint density at radius 2 is 1.92 bits per heavy atom. The zero-order chi connectivity index (χ0) is 18.9. The summed E-state index contributed by atoms with van der Waals surface area (Å²) < 4.78 is 35.9. The molecule has 8 heteroatoms. The standard InChI is InChI=1S/C17H21BrN2O4S/c1-6-24-17(21)15-11(3)16(12(4)20(15)5)25(22,23)19-13-7-8-14(18)10(2)9-13/h7-9,19H,6H2,1-5H3. The summed E-state index contributed by atoms with van der Waals surface area (Å²) >= 11 is 3.39. The number of rotatable bonds is 5. The van der Waals surface area contributed by atoms with E-state index in [1.165, 1.54) is 0 Å². The van der Waals surface area contributed by atoms with Gasteiger partial charge in [-0.25, -0.2) is 13.2 Å². The number of aromatic nitrogens is 1. The molecule has 2 aromatic rings. The Balaban J connectivity index is 2.51. The van der Waals surface area contributed by atoms with Crippen LogP contribution in [0.3, 0.4) is 0 Å². The van der Waals surface area contributed by atoms with Crippen molar-refractivity contribution >= 4 is 37.6 Å². The molecule has 0 unspecified atom stereocenters. The second kappa shape index (κ2) is 7.21. The third-order valence-corrected chi connectivity index (χ3v) is 6.54. The van der Waals surface area contributed by atoms with Gasteiger partial charge in [0, 0.05) is 28.5 Å². The number of hydrogen-bond donors (Lipinski definition) is 1. The average molecular weight is 429 g/mol. The molecule has 1 heterocycles. The van der Waals surface area contributed by atoms with Gasteiger partial charge in [-0.05, 0) is 51.5 Å². The summed E-state index contributed by atoms with van der Waals surface area (Å²) in [4.78, 5) is 12.3. The topological polar surface area (TPSA) is 77.4 Å². The van der Waals surface area contributed by atoms with Crippen molar-refractivity contribution < 1.29 is 17.9 Å². The molecule has 25 heavy (non-hydrogen) atoms. The Morgan fingerprint density at radius 3 is 2.48 bits per heavy atom. The molecule has 0 atom stereocenters. The van der Waals surface area contributed by atoms with Crippen molar-refractivity contribution in [2.75, 3.05) is 11.3 Å². The van der Waals surface area contributed by atoms with E-state index in [1.54, 1.807) is 50.6 Å². The molecular weight excluding hydrogens is 408 g/mol. The largest absolute Gasteiger partial charge is 0.461 e. The first-order valence-corrected chi connectivity index (χ1v) is 9.99. The molecule has 0 amide bonds. The Morgan fingerprint density at radius 1 is 1.28 bits per heavy atom.